The Kier molecular flexibility index (Phi) is 5.41. The van der Waals surface area contributed by atoms with Crippen molar-refractivity contribution in [2.45, 2.75) is 34.1 Å². The number of rotatable bonds is 4. The van der Waals surface area contributed by atoms with Crippen molar-refractivity contribution in [1.29, 1.82) is 0 Å². The first-order valence-electron chi connectivity index (χ1n) is 13.7. The Hall–Kier alpha value is -4.63. The minimum Gasteiger partial charge on any atom is -0.453 e. The highest BCUT2D eigenvalue weighted by molar-refractivity contribution is 6.17. The molecule has 6 aromatic rings. The molecule has 1 aliphatic heterocycles. The summed E-state index contributed by atoms with van der Waals surface area (Å²) in [4.78, 5) is 4.88. The lowest BCUT2D eigenvalue weighted by atomic mass is 9.87. The minimum atomic E-state index is 0.856. The smallest absolute Gasteiger partial charge is 0.153 e. The van der Waals surface area contributed by atoms with Gasteiger partial charge in [-0.1, -0.05) is 79.8 Å². The largest absolute Gasteiger partial charge is 0.453 e. The van der Waals surface area contributed by atoms with Gasteiger partial charge in [-0.3, -0.25) is 4.57 Å². The normalized spacial score (nSPS) is 13.4. The highest BCUT2D eigenvalue weighted by Gasteiger charge is 2.24. The Labute approximate surface area is 228 Å². The van der Waals surface area contributed by atoms with E-state index in [-0.39, 0.29) is 0 Å². The van der Waals surface area contributed by atoms with Gasteiger partial charge in [-0.2, -0.15) is 0 Å². The van der Waals surface area contributed by atoms with Gasteiger partial charge in [-0.05, 0) is 94.1 Å². The van der Waals surface area contributed by atoms with Gasteiger partial charge >= 0.3 is 0 Å². The van der Waals surface area contributed by atoms with Gasteiger partial charge in [0.15, 0.2) is 11.5 Å². The van der Waals surface area contributed by atoms with Crippen molar-refractivity contribution >= 4 is 44.7 Å². The highest BCUT2D eigenvalue weighted by Crippen LogP contribution is 2.44. The zero-order valence-corrected chi connectivity index (χ0v) is 22.7. The first-order chi connectivity index (χ1) is 19.1. The van der Waals surface area contributed by atoms with Gasteiger partial charge in [0.2, 0.25) is 0 Å². The van der Waals surface area contributed by atoms with Crippen LogP contribution in [0.15, 0.2) is 85.0 Å². The van der Waals surface area contributed by atoms with Gasteiger partial charge in [-0.25, -0.2) is 4.98 Å². The monoisotopic (exact) mass is 506 g/mol. The van der Waals surface area contributed by atoms with Crippen LogP contribution in [0.5, 0.6) is 11.5 Å². The third-order valence-corrected chi connectivity index (χ3v) is 8.04. The molecule has 0 bridgehead atoms. The second-order valence-electron chi connectivity index (χ2n) is 10.1. The van der Waals surface area contributed by atoms with Gasteiger partial charge in [0, 0.05) is 6.42 Å². The zero-order chi connectivity index (χ0) is 26.7. The minimum absolute atomic E-state index is 0.856. The average molecular weight is 507 g/mol. The molecule has 3 nitrogen and oxygen atoms in total. The van der Waals surface area contributed by atoms with Crippen LogP contribution in [0.25, 0.3) is 61.5 Å². The Morgan fingerprint density at radius 1 is 0.872 bits per heavy atom. The number of allylic oxidation sites excluding steroid dienone is 3. The molecule has 7 rings (SSSR count). The molecule has 0 spiro atoms. The van der Waals surface area contributed by atoms with E-state index in [0.717, 1.165) is 46.0 Å². The predicted molar refractivity (Wildman–Crippen MR) is 165 cm³/mol. The van der Waals surface area contributed by atoms with Crippen molar-refractivity contribution in [3.8, 4) is 28.3 Å². The van der Waals surface area contributed by atoms with Crippen LogP contribution in [0.3, 0.4) is 0 Å². The number of imidazole rings is 1. The van der Waals surface area contributed by atoms with Crippen molar-refractivity contribution in [2.75, 3.05) is 0 Å². The zero-order valence-electron chi connectivity index (χ0n) is 22.7. The molecular weight excluding hydrogens is 476 g/mol. The number of aryl methyl sites for hydroxylation is 1. The summed E-state index contributed by atoms with van der Waals surface area (Å²) in [6, 6.07) is 24.0. The number of benzene rings is 5. The van der Waals surface area contributed by atoms with Crippen molar-refractivity contribution in [3.63, 3.8) is 0 Å². The van der Waals surface area contributed by atoms with Crippen LogP contribution in [0.4, 0.5) is 0 Å². The SMILES string of the molecule is C/C=C/C=C\c1c(C)/c(=C\C)c2ccc(-c3ccc4c(c3)Oc3cccc5nc(CC)n-4c35)c3cccc1c32. The summed E-state index contributed by atoms with van der Waals surface area (Å²) in [6.45, 7) is 8.57. The van der Waals surface area contributed by atoms with E-state index in [0.29, 0.717) is 0 Å². The predicted octanol–water partition coefficient (Wildman–Crippen LogP) is 9.08. The van der Waals surface area contributed by atoms with Gasteiger partial charge in [-0.15, -0.1) is 0 Å². The summed E-state index contributed by atoms with van der Waals surface area (Å²) in [5.41, 5.74) is 8.01. The first kappa shape index (κ1) is 23.5. The molecule has 0 fully saturated rings. The molecule has 0 atom stereocenters. The van der Waals surface area contributed by atoms with E-state index in [9.17, 15) is 0 Å². The lowest BCUT2D eigenvalue weighted by Gasteiger charge is -2.22. The molecular formula is C36H30N2O. The maximum atomic E-state index is 6.49. The second kappa shape index (κ2) is 8.99. The molecule has 5 aromatic carbocycles. The van der Waals surface area contributed by atoms with Gasteiger partial charge < -0.3 is 4.74 Å². The third kappa shape index (κ3) is 3.39. The average Bonchev–Trinajstić information content (AvgIpc) is 3.35. The third-order valence-electron chi connectivity index (χ3n) is 8.04. The van der Waals surface area contributed by atoms with Crippen LogP contribution in [0.1, 0.15) is 37.7 Å². The fourth-order valence-corrected chi connectivity index (χ4v) is 6.30. The number of hydrogen-bond acceptors (Lipinski definition) is 2. The number of fused-ring (bicyclic) bond motifs is 2. The molecule has 1 aliphatic rings. The number of nitrogens with zero attached hydrogens (tertiary/aromatic N) is 2. The van der Waals surface area contributed by atoms with Crippen molar-refractivity contribution in [1.82, 2.24) is 9.55 Å². The lowest BCUT2D eigenvalue weighted by Crippen LogP contribution is -2.10. The summed E-state index contributed by atoms with van der Waals surface area (Å²) in [7, 11) is 0. The van der Waals surface area contributed by atoms with E-state index in [4.69, 9.17) is 9.72 Å². The van der Waals surface area contributed by atoms with Crippen LogP contribution >= 0.6 is 0 Å². The molecule has 2 heterocycles. The van der Waals surface area contributed by atoms with E-state index >= 15 is 0 Å². The van der Waals surface area contributed by atoms with Crippen LogP contribution in [-0.4, -0.2) is 9.55 Å². The summed E-state index contributed by atoms with van der Waals surface area (Å²) in [5.74, 6) is 2.77. The van der Waals surface area contributed by atoms with E-state index in [1.165, 1.54) is 43.5 Å². The summed E-state index contributed by atoms with van der Waals surface area (Å²) < 4.78 is 8.75. The van der Waals surface area contributed by atoms with E-state index in [1.807, 2.05) is 19.1 Å². The van der Waals surface area contributed by atoms with Crippen LogP contribution in [0, 0.1) is 6.92 Å². The van der Waals surface area contributed by atoms with Gasteiger partial charge in [0.25, 0.3) is 0 Å². The number of para-hydroxylation sites is 1. The first-order valence-corrected chi connectivity index (χ1v) is 13.7. The van der Waals surface area contributed by atoms with Gasteiger partial charge in [0.05, 0.1) is 11.2 Å². The Morgan fingerprint density at radius 2 is 1.72 bits per heavy atom. The molecule has 0 N–H and O–H groups in total. The van der Waals surface area contributed by atoms with E-state index in [2.05, 4.69) is 110 Å². The van der Waals surface area contributed by atoms with Crippen LogP contribution in [-0.2, 0) is 6.42 Å². The highest BCUT2D eigenvalue weighted by atomic mass is 16.5. The summed E-state index contributed by atoms with van der Waals surface area (Å²) >= 11 is 0. The molecule has 39 heavy (non-hydrogen) atoms. The maximum Gasteiger partial charge on any atom is 0.153 e. The molecule has 1 aromatic heterocycles. The fraction of sp³-hybridized carbons (Fsp3) is 0.139. The van der Waals surface area contributed by atoms with Crippen LogP contribution in [0.2, 0.25) is 0 Å². The number of aromatic nitrogens is 2. The molecule has 190 valence electrons. The van der Waals surface area contributed by atoms with E-state index in [1.54, 1.807) is 0 Å². The lowest BCUT2D eigenvalue weighted by molar-refractivity contribution is 0.474. The quantitative estimate of drug-likeness (QED) is 0.223. The summed E-state index contributed by atoms with van der Waals surface area (Å²) in [6.07, 6.45) is 11.6. The van der Waals surface area contributed by atoms with Gasteiger partial charge in [0.1, 0.15) is 11.3 Å². The molecule has 0 amide bonds. The Balaban J connectivity index is 1.47. The molecule has 0 unspecified atom stereocenters. The Bertz CT molecular complexity index is 2060. The topological polar surface area (TPSA) is 27.1 Å². The van der Waals surface area contributed by atoms with Crippen molar-refractivity contribution in [2.24, 2.45) is 0 Å². The number of hydrogen-bond donors (Lipinski definition) is 0. The summed E-state index contributed by atoms with van der Waals surface area (Å²) in [5, 5.41) is 6.44. The number of ether oxygens (including phenoxy) is 1. The van der Waals surface area contributed by atoms with Crippen molar-refractivity contribution < 1.29 is 4.74 Å². The molecule has 0 saturated carbocycles. The molecule has 0 aliphatic carbocycles. The fourth-order valence-electron chi connectivity index (χ4n) is 6.30. The molecule has 0 saturated heterocycles. The standard InChI is InChI=1S/C36H30N2O/c1-5-8-9-12-25-22(4)24(6-2)29-19-18-26(28-14-10-13-27(25)35(28)29)23-17-20-31-33(21-23)39-32-16-11-15-30-36(32)38(31)34(7-3)37-30/h5-6,8-21H,7H2,1-4H3/b8-5+,12-9-,24-6+. The Morgan fingerprint density at radius 3 is 2.54 bits per heavy atom. The molecule has 3 heteroatoms. The maximum absolute atomic E-state index is 6.49. The van der Waals surface area contributed by atoms with Crippen molar-refractivity contribution in [3.05, 3.63) is 107 Å². The van der Waals surface area contributed by atoms with E-state index < -0.39 is 0 Å². The van der Waals surface area contributed by atoms with Crippen LogP contribution < -0.4 is 9.96 Å². The second-order valence-corrected chi connectivity index (χ2v) is 10.1. The molecule has 0 radical (unpaired) electrons.